The van der Waals surface area contributed by atoms with E-state index in [9.17, 15) is 0 Å². The fourth-order valence-electron chi connectivity index (χ4n) is 5.87. The van der Waals surface area contributed by atoms with E-state index in [1.165, 1.54) is 38.6 Å². The van der Waals surface area contributed by atoms with Crippen LogP contribution in [0.2, 0.25) is 0 Å². The normalized spacial score (nSPS) is 12.9. The molecule has 222 valence electrons. The van der Waals surface area contributed by atoms with Gasteiger partial charge in [-0.3, -0.25) is 0 Å². The third kappa shape index (κ3) is 6.93. The molecule has 0 aliphatic heterocycles. The number of hydrogen-bond acceptors (Lipinski definition) is 1. The summed E-state index contributed by atoms with van der Waals surface area (Å²) in [5, 5.41) is 2.36. The van der Waals surface area contributed by atoms with Gasteiger partial charge in [0.1, 0.15) is 0 Å². The maximum atomic E-state index is 5.84. The summed E-state index contributed by atoms with van der Waals surface area (Å²) >= 11 is 0. The van der Waals surface area contributed by atoms with E-state index in [2.05, 4.69) is 179 Å². The summed E-state index contributed by atoms with van der Waals surface area (Å²) in [6.45, 7) is 8.53. The lowest BCUT2D eigenvalue weighted by molar-refractivity contribution is 1.19. The van der Waals surface area contributed by atoms with Crippen LogP contribution in [-0.2, 0) is 0 Å². The molecule has 0 saturated heterocycles. The quantitative estimate of drug-likeness (QED) is 0.164. The van der Waals surface area contributed by atoms with Crippen LogP contribution in [0.15, 0.2) is 133 Å². The van der Waals surface area contributed by atoms with Crippen LogP contribution in [0.3, 0.4) is 0 Å². The molecule has 0 fully saturated rings. The smallest absolute Gasteiger partial charge is 0.0485 e. The van der Waals surface area contributed by atoms with Crippen molar-refractivity contribution in [1.29, 1.82) is 0 Å². The maximum absolute atomic E-state index is 5.84. The molecule has 5 rings (SSSR count). The molecule has 5 aromatic rings. The van der Waals surface area contributed by atoms with Crippen LogP contribution >= 0.6 is 0 Å². The molecule has 0 N–H and O–H groups in total. The lowest BCUT2D eigenvalue weighted by atomic mass is 9.90. The van der Waals surface area contributed by atoms with Crippen molar-refractivity contribution in [3.63, 3.8) is 0 Å². The van der Waals surface area contributed by atoms with Gasteiger partial charge in [0.05, 0.1) is 0 Å². The van der Waals surface area contributed by atoms with Gasteiger partial charge in [-0.2, -0.15) is 0 Å². The second-order valence-corrected chi connectivity index (χ2v) is 11.3. The van der Waals surface area contributed by atoms with E-state index in [4.69, 9.17) is 6.42 Å². The third-order valence-corrected chi connectivity index (χ3v) is 8.52. The maximum Gasteiger partial charge on any atom is 0.0485 e. The zero-order valence-electron chi connectivity index (χ0n) is 27.0. The summed E-state index contributed by atoms with van der Waals surface area (Å²) in [6.07, 6.45) is 13.0. The number of anilines is 2. The highest BCUT2D eigenvalue weighted by Gasteiger charge is 2.14. The summed E-state index contributed by atoms with van der Waals surface area (Å²) in [4.78, 5) is 2.23. The Balaban J connectivity index is 1.79. The average molecular weight is 584 g/mol. The molecule has 0 unspecified atom stereocenters. The number of allylic oxidation sites excluding steroid dienone is 4. The minimum atomic E-state index is 0.569. The first-order valence-corrected chi connectivity index (χ1v) is 15.6. The van der Waals surface area contributed by atoms with Gasteiger partial charge in [0.2, 0.25) is 0 Å². The average Bonchev–Trinajstić information content (AvgIpc) is 3.08. The fourth-order valence-corrected chi connectivity index (χ4v) is 5.87. The van der Waals surface area contributed by atoms with Crippen LogP contribution in [0.25, 0.3) is 22.8 Å². The molecule has 0 saturated carbocycles. The van der Waals surface area contributed by atoms with Crippen molar-refractivity contribution < 1.29 is 0 Å². The van der Waals surface area contributed by atoms with Gasteiger partial charge in [-0.25, -0.2) is 0 Å². The van der Waals surface area contributed by atoms with Gasteiger partial charge in [0, 0.05) is 30.4 Å². The second kappa shape index (κ2) is 14.4. The van der Waals surface area contributed by atoms with E-state index in [-0.39, 0.29) is 0 Å². The van der Waals surface area contributed by atoms with Crippen molar-refractivity contribution in [1.82, 2.24) is 0 Å². The summed E-state index contributed by atoms with van der Waals surface area (Å²) in [5.74, 6) is 2.87. The Hall–Kier alpha value is -5.32. The van der Waals surface area contributed by atoms with Crippen LogP contribution in [0.5, 0.6) is 0 Å². The number of para-hydroxylation sites is 1. The molecule has 0 spiro atoms. The van der Waals surface area contributed by atoms with Crippen LogP contribution in [0, 0.1) is 19.3 Å². The Morgan fingerprint density at radius 1 is 0.733 bits per heavy atom. The highest BCUT2D eigenvalue weighted by Crippen LogP contribution is 2.34. The summed E-state index contributed by atoms with van der Waals surface area (Å²) in [5.41, 5.74) is 13.1. The van der Waals surface area contributed by atoms with Crippen LogP contribution in [-0.4, -0.2) is 7.05 Å². The molecule has 0 aliphatic rings. The first-order valence-electron chi connectivity index (χ1n) is 15.6. The van der Waals surface area contributed by atoms with E-state index >= 15 is 0 Å². The molecular weight excluding hydrogens is 542 g/mol. The second-order valence-electron chi connectivity index (χ2n) is 11.3. The summed E-state index contributed by atoms with van der Waals surface area (Å²) in [7, 11) is 2.11. The first kappa shape index (κ1) is 31.1. The molecule has 5 aromatic carbocycles. The number of terminal acetylenes is 1. The number of nitrogens with zero attached hydrogens (tertiary/aromatic N) is 1. The number of aryl methyl sites for hydroxylation is 1. The molecule has 1 heteroatoms. The highest BCUT2D eigenvalue weighted by molar-refractivity contribution is 5.84. The van der Waals surface area contributed by atoms with Crippen molar-refractivity contribution in [3.05, 3.63) is 177 Å². The Morgan fingerprint density at radius 2 is 1.44 bits per heavy atom. The molecule has 0 radical (unpaired) electrons. The molecule has 0 aromatic heterocycles. The van der Waals surface area contributed by atoms with Crippen LogP contribution in [0.1, 0.15) is 60.6 Å². The lowest BCUT2D eigenvalue weighted by Gasteiger charge is -2.24. The van der Waals surface area contributed by atoms with Gasteiger partial charge in [-0.05, 0) is 119 Å². The van der Waals surface area contributed by atoms with Crippen LogP contribution < -0.4 is 15.3 Å². The van der Waals surface area contributed by atoms with Gasteiger partial charge < -0.3 is 4.90 Å². The van der Waals surface area contributed by atoms with Gasteiger partial charge in [0.25, 0.3) is 0 Å². The number of benzene rings is 5. The Morgan fingerprint density at radius 3 is 2.18 bits per heavy atom. The van der Waals surface area contributed by atoms with Crippen molar-refractivity contribution in [2.45, 2.75) is 34.1 Å². The minimum absolute atomic E-state index is 0.569. The van der Waals surface area contributed by atoms with Gasteiger partial charge in [-0.1, -0.05) is 103 Å². The summed E-state index contributed by atoms with van der Waals surface area (Å²) < 4.78 is 0. The van der Waals surface area contributed by atoms with Crippen molar-refractivity contribution in [3.8, 4) is 12.3 Å². The van der Waals surface area contributed by atoms with Gasteiger partial charge in [-0.15, -0.1) is 12.3 Å². The molecule has 0 atom stereocenters. The Bertz CT molecular complexity index is 2030. The van der Waals surface area contributed by atoms with Crippen molar-refractivity contribution in [2.75, 3.05) is 11.9 Å². The highest BCUT2D eigenvalue weighted by atomic mass is 15.1. The zero-order valence-corrected chi connectivity index (χ0v) is 27.0. The lowest BCUT2D eigenvalue weighted by Crippen LogP contribution is -2.27. The van der Waals surface area contributed by atoms with Gasteiger partial charge in [0.15, 0.2) is 0 Å². The number of hydrogen-bond donors (Lipinski definition) is 0. The third-order valence-electron chi connectivity index (χ3n) is 8.52. The molecule has 1 nitrogen and oxygen atoms in total. The Labute approximate surface area is 269 Å². The van der Waals surface area contributed by atoms with E-state index in [1.807, 2.05) is 6.07 Å². The molecule has 0 heterocycles. The first-order chi connectivity index (χ1) is 21.9. The van der Waals surface area contributed by atoms with E-state index < -0.39 is 0 Å². The monoisotopic (exact) mass is 583 g/mol. The fraction of sp³-hybridized carbons (Fsp3) is 0.136. The zero-order chi connectivity index (χ0) is 31.8. The Kier molecular flexibility index (Phi) is 9.98. The SMILES string of the molecule is C#CC/C(=C\C)c1cc(/C=c2\cccc\c2=C(/c2cccc(/C(C)=C\C)c2)c2ccccc2C)ccc1N(C)c1ccccc1. The predicted octanol–water partition coefficient (Wildman–Crippen LogP) is 9.69. The topological polar surface area (TPSA) is 3.24 Å². The largest absolute Gasteiger partial charge is 0.344 e. The molecule has 45 heavy (non-hydrogen) atoms. The molecule has 0 aliphatic carbocycles. The molecule has 0 amide bonds. The summed E-state index contributed by atoms with van der Waals surface area (Å²) in [6, 6.07) is 43.5. The standard InChI is InChI=1S/C44H41N/c1-7-18-35(9-3)42-30-34(27-28-43(42)45(6)39-23-11-10-12-24-39)29-37-20-14-16-26-41(37)44(40-25-15-13-19-33(40)5)38-22-17-21-36(31-38)32(4)8-2/h1,8-17,19-31H,18H2,2-6H3/b32-8-,35-9+,37-29+,44-41-. The van der Waals surface area contributed by atoms with Gasteiger partial charge >= 0.3 is 0 Å². The predicted molar refractivity (Wildman–Crippen MR) is 196 cm³/mol. The van der Waals surface area contributed by atoms with Crippen molar-refractivity contribution >= 4 is 34.2 Å². The van der Waals surface area contributed by atoms with E-state index in [0.717, 1.165) is 33.3 Å². The minimum Gasteiger partial charge on any atom is -0.344 e. The molecule has 0 bridgehead atoms. The molecular formula is C44H41N. The van der Waals surface area contributed by atoms with E-state index in [1.54, 1.807) is 0 Å². The van der Waals surface area contributed by atoms with E-state index in [0.29, 0.717) is 6.42 Å². The van der Waals surface area contributed by atoms with Crippen LogP contribution in [0.4, 0.5) is 11.4 Å². The van der Waals surface area contributed by atoms with Crippen molar-refractivity contribution in [2.24, 2.45) is 0 Å². The number of rotatable bonds is 8.